The van der Waals surface area contributed by atoms with Crippen LogP contribution in [0.4, 0.5) is 0 Å². The lowest BCUT2D eigenvalue weighted by atomic mass is 10.1. The second-order valence-electron chi connectivity index (χ2n) is 5.83. The Kier molecular flexibility index (Phi) is 5.70. The molecule has 3 rings (SSSR count). The summed E-state index contributed by atoms with van der Waals surface area (Å²) in [5.74, 6) is 2.02. The molecule has 0 aliphatic carbocycles. The van der Waals surface area contributed by atoms with Gasteiger partial charge in [-0.05, 0) is 12.1 Å². The zero-order valence-electron chi connectivity index (χ0n) is 14.4. The summed E-state index contributed by atoms with van der Waals surface area (Å²) in [6, 6.07) is 4.62. The summed E-state index contributed by atoms with van der Waals surface area (Å²) in [6.07, 6.45) is 0. The van der Waals surface area contributed by atoms with E-state index >= 15 is 0 Å². The summed E-state index contributed by atoms with van der Waals surface area (Å²) in [5, 5.41) is 0. The van der Waals surface area contributed by atoms with Gasteiger partial charge in [0.25, 0.3) is 5.91 Å². The summed E-state index contributed by atoms with van der Waals surface area (Å²) in [5.41, 5.74) is 0.457. The molecule has 0 saturated carbocycles. The first-order valence-corrected chi connectivity index (χ1v) is 9.28. The number of rotatable bonds is 4. The molecule has 1 atom stereocenters. The van der Waals surface area contributed by atoms with Crippen molar-refractivity contribution in [2.45, 2.75) is 6.04 Å². The van der Waals surface area contributed by atoms with Gasteiger partial charge in [0.2, 0.25) is 5.91 Å². The maximum absolute atomic E-state index is 13.0. The number of benzene rings is 1. The van der Waals surface area contributed by atoms with Gasteiger partial charge in [-0.2, -0.15) is 0 Å². The lowest BCUT2D eigenvalue weighted by Crippen LogP contribution is -2.52. The zero-order chi connectivity index (χ0) is 17.8. The van der Waals surface area contributed by atoms with Crippen LogP contribution in [0.15, 0.2) is 18.2 Å². The van der Waals surface area contributed by atoms with Crippen LogP contribution in [0.3, 0.4) is 0 Å². The summed E-state index contributed by atoms with van der Waals surface area (Å²) >= 11 is 1.59. The molecule has 2 amide bonds. The van der Waals surface area contributed by atoms with Crippen molar-refractivity contribution in [3.8, 4) is 11.5 Å². The van der Waals surface area contributed by atoms with Crippen molar-refractivity contribution in [3.63, 3.8) is 0 Å². The van der Waals surface area contributed by atoms with E-state index in [-0.39, 0.29) is 11.8 Å². The second kappa shape index (κ2) is 7.97. The minimum absolute atomic E-state index is 0.00323. The predicted molar refractivity (Wildman–Crippen MR) is 94.2 cm³/mol. The van der Waals surface area contributed by atoms with Gasteiger partial charge in [-0.1, -0.05) is 0 Å². The Morgan fingerprint density at radius 1 is 1.12 bits per heavy atom. The van der Waals surface area contributed by atoms with E-state index in [1.165, 1.54) is 0 Å². The molecule has 8 heteroatoms. The van der Waals surface area contributed by atoms with Gasteiger partial charge in [0, 0.05) is 30.5 Å². The van der Waals surface area contributed by atoms with Gasteiger partial charge in [0.05, 0.1) is 33.3 Å². The lowest BCUT2D eigenvalue weighted by molar-refractivity contribution is -0.138. The highest BCUT2D eigenvalue weighted by molar-refractivity contribution is 7.99. The van der Waals surface area contributed by atoms with Gasteiger partial charge in [-0.3, -0.25) is 9.59 Å². The zero-order valence-corrected chi connectivity index (χ0v) is 15.2. The molecule has 0 bridgehead atoms. The minimum atomic E-state index is -0.437. The molecule has 0 aromatic heterocycles. The summed E-state index contributed by atoms with van der Waals surface area (Å²) < 4.78 is 15.8. The Hall–Kier alpha value is -1.93. The molecule has 136 valence electrons. The molecule has 2 saturated heterocycles. The highest BCUT2D eigenvalue weighted by Gasteiger charge is 2.38. The van der Waals surface area contributed by atoms with Crippen molar-refractivity contribution in [2.24, 2.45) is 0 Å². The number of hydrogen-bond donors (Lipinski definition) is 0. The average molecular weight is 366 g/mol. The van der Waals surface area contributed by atoms with Crippen LogP contribution >= 0.6 is 11.8 Å². The monoisotopic (exact) mass is 366 g/mol. The van der Waals surface area contributed by atoms with Gasteiger partial charge in [-0.25, -0.2) is 0 Å². The third-order valence-corrected chi connectivity index (χ3v) is 5.36. The molecular formula is C17H22N2O5S. The van der Waals surface area contributed by atoms with Gasteiger partial charge in [0.1, 0.15) is 17.5 Å². The normalized spacial score (nSPS) is 20.5. The van der Waals surface area contributed by atoms with Crippen LogP contribution in [0.1, 0.15) is 10.4 Å². The summed E-state index contributed by atoms with van der Waals surface area (Å²) in [4.78, 5) is 29.2. The molecule has 2 aliphatic heterocycles. The lowest BCUT2D eigenvalue weighted by Gasteiger charge is -2.32. The Bertz CT molecular complexity index is 626. The van der Waals surface area contributed by atoms with E-state index in [9.17, 15) is 9.59 Å². The highest BCUT2D eigenvalue weighted by atomic mass is 32.2. The molecule has 0 spiro atoms. The van der Waals surface area contributed by atoms with Crippen molar-refractivity contribution in [1.82, 2.24) is 9.80 Å². The Balaban J connectivity index is 1.79. The number of carbonyl (C=O) groups excluding carboxylic acids is 2. The maximum Gasteiger partial charge on any atom is 0.255 e. The fraction of sp³-hybridized carbons (Fsp3) is 0.529. The molecule has 7 nitrogen and oxygen atoms in total. The van der Waals surface area contributed by atoms with Crippen LogP contribution < -0.4 is 9.47 Å². The first-order chi connectivity index (χ1) is 12.1. The summed E-state index contributed by atoms with van der Waals surface area (Å²) in [7, 11) is 3.08. The molecule has 2 fully saturated rings. The van der Waals surface area contributed by atoms with Crippen molar-refractivity contribution in [1.29, 1.82) is 0 Å². The van der Waals surface area contributed by atoms with Crippen LogP contribution in [0.5, 0.6) is 11.5 Å². The quantitative estimate of drug-likeness (QED) is 0.794. The van der Waals surface area contributed by atoms with E-state index in [2.05, 4.69) is 0 Å². The van der Waals surface area contributed by atoms with Gasteiger partial charge in [-0.15, -0.1) is 11.8 Å². The van der Waals surface area contributed by atoms with Gasteiger partial charge < -0.3 is 24.0 Å². The largest absolute Gasteiger partial charge is 0.497 e. The van der Waals surface area contributed by atoms with Crippen molar-refractivity contribution in [2.75, 3.05) is 52.2 Å². The molecule has 2 heterocycles. The van der Waals surface area contributed by atoms with E-state index in [4.69, 9.17) is 14.2 Å². The molecule has 1 aromatic carbocycles. The molecule has 0 N–H and O–H groups in total. The highest BCUT2D eigenvalue weighted by Crippen LogP contribution is 2.28. The standard InChI is InChI=1S/C17H22N2O5S/c1-22-13-7-12(8-14(9-13)23-2)16(20)19-11-25-10-15(19)17(21)18-3-5-24-6-4-18/h7-9,15H,3-6,10-11H2,1-2H3. The van der Waals surface area contributed by atoms with Crippen molar-refractivity contribution in [3.05, 3.63) is 23.8 Å². The van der Waals surface area contributed by atoms with Crippen LogP contribution in [-0.2, 0) is 9.53 Å². The molecular weight excluding hydrogens is 344 g/mol. The van der Waals surface area contributed by atoms with Crippen LogP contribution in [0.25, 0.3) is 0 Å². The Morgan fingerprint density at radius 2 is 1.76 bits per heavy atom. The van der Waals surface area contributed by atoms with Crippen LogP contribution in [0.2, 0.25) is 0 Å². The van der Waals surface area contributed by atoms with Gasteiger partial charge in [0.15, 0.2) is 0 Å². The van der Waals surface area contributed by atoms with E-state index in [1.807, 2.05) is 0 Å². The smallest absolute Gasteiger partial charge is 0.255 e. The molecule has 2 aliphatic rings. The van der Waals surface area contributed by atoms with Crippen LogP contribution in [-0.4, -0.2) is 79.8 Å². The number of amides is 2. The number of nitrogens with zero attached hydrogens (tertiary/aromatic N) is 2. The molecule has 0 radical (unpaired) electrons. The van der Waals surface area contributed by atoms with Gasteiger partial charge >= 0.3 is 0 Å². The molecule has 1 unspecified atom stereocenters. The number of ether oxygens (including phenoxy) is 3. The topological polar surface area (TPSA) is 68.3 Å². The van der Waals surface area contributed by atoms with Crippen molar-refractivity contribution >= 4 is 23.6 Å². The average Bonchev–Trinajstić information content (AvgIpc) is 3.16. The first kappa shape index (κ1) is 17.9. The van der Waals surface area contributed by atoms with E-state index in [0.29, 0.717) is 55.0 Å². The van der Waals surface area contributed by atoms with Crippen LogP contribution in [0, 0.1) is 0 Å². The Morgan fingerprint density at radius 3 is 2.36 bits per heavy atom. The SMILES string of the molecule is COc1cc(OC)cc(C(=O)N2CSCC2C(=O)N2CCOCC2)c1. The first-order valence-electron chi connectivity index (χ1n) is 8.12. The number of morpholine rings is 1. The summed E-state index contributed by atoms with van der Waals surface area (Å²) in [6.45, 7) is 2.25. The third kappa shape index (κ3) is 3.85. The molecule has 25 heavy (non-hydrogen) atoms. The van der Waals surface area contributed by atoms with Crippen molar-refractivity contribution < 1.29 is 23.8 Å². The number of thioether (sulfide) groups is 1. The van der Waals surface area contributed by atoms with E-state index in [1.54, 1.807) is 54.0 Å². The number of carbonyl (C=O) groups is 2. The minimum Gasteiger partial charge on any atom is -0.497 e. The predicted octanol–water partition coefficient (Wildman–Crippen LogP) is 1.08. The van der Waals surface area contributed by atoms with E-state index in [0.717, 1.165) is 0 Å². The molecule has 1 aromatic rings. The third-order valence-electron chi connectivity index (χ3n) is 4.35. The maximum atomic E-state index is 13.0. The number of methoxy groups -OCH3 is 2. The Labute approximate surface area is 151 Å². The fourth-order valence-corrected chi connectivity index (χ4v) is 4.08. The number of hydrogen-bond acceptors (Lipinski definition) is 6. The fourth-order valence-electron chi connectivity index (χ4n) is 2.94. The van der Waals surface area contributed by atoms with E-state index < -0.39 is 6.04 Å². The second-order valence-corrected chi connectivity index (χ2v) is 6.83.